The smallest absolute Gasteiger partial charge is 0.142 e. The molecule has 1 unspecified atom stereocenters. The van der Waals surface area contributed by atoms with Crippen molar-refractivity contribution in [1.29, 1.82) is 0 Å². The predicted molar refractivity (Wildman–Crippen MR) is 75.9 cm³/mol. The molecule has 4 heteroatoms. The molecule has 100 valence electrons. The van der Waals surface area contributed by atoms with Crippen molar-refractivity contribution in [2.75, 3.05) is 6.54 Å². The van der Waals surface area contributed by atoms with E-state index in [9.17, 15) is 4.39 Å². The van der Waals surface area contributed by atoms with Crippen LogP contribution >= 0.6 is 11.6 Å². The van der Waals surface area contributed by atoms with Crippen molar-refractivity contribution in [3.05, 3.63) is 64.2 Å². The van der Waals surface area contributed by atoms with Crippen LogP contribution in [0.1, 0.15) is 29.8 Å². The van der Waals surface area contributed by atoms with Crippen LogP contribution in [0.5, 0.6) is 0 Å². The number of rotatable bonds is 4. The first kappa shape index (κ1) is 14.0. The second-order valence-corrected chi connectivity index (χ2v) is 4.74. The lowest BCUT2D eigenvalue weighted by atomic mass is 9.99. The number of aryl methyl sites for hydroxylation is 1. The minimum atomic E-state index is -0.401. The summed E-state index contributed by atoms with van der Waals surface area (Å²) in [5.74, 6) is -0.401. The highest BCUT2D eigenvalue weighted by Crippen LogP contribution is 2.29. The van der Waals surface area contributed by atoms with Crippen molar-refractivity contribution in [3.63, 3.8) is 0 Å². The van der Waals surface area contributed by atoms with Gasteiger partial charge in [-0.15, -0.1) is 0 Å². The minimum Gasteiger partial charge on any atom is -0.306 e. The van der Waals surface area contributed by atoms with Gasteiger partial charge in [-0.25, -0.2) is 4.39 Å². The van der Waals surface area contributed by atoms with Gasteiger partial charge in [-0.3, -0.25) is 4.98 Å². The summed E-state index contributed by atoms with van der Waals surface area (Å²) in [5.41, 5.74) is 2.65. The number of hydrogen-bond acceptors (Lipinski definition) is 2. The Balaban J connectivity index is 2.45. The van der Waals surface area contributed by atoms with Crippen molar-refractivity contribution in [2.45, 2.75) is 19.9 Å². The molecule has 0 saturated heterocycles. The Morgan fingerprint density at radius 1 is 1.32 bits per heavy atom. The maximum Gasteiger partial charge on any atom is 0.142 e. The first-order valence-corrected chi connectivity index (χ1v) is 6.61. The molecular formula is C15H16ClFN2. The summed E-state index contributed by atoms with van der Waals surface area (Å²) >= 11 is 6.07. The molecule has 0 spiro atoms. The van der Waals surface area contributed by atoms with Gasteiger partial charge in [0, 0.05) is 11.9 Å². The topological polar surface area (TPSA) is 24.9 Å². The van der Waals surface area contributed by atoms with Crippen LogP contribution in [0.2, 0.25) is 5.02 Å². The fraction of sp³-hybridized carbons (Fsp3) is 0.267. The quantitative estimate of drug-likeness (QED) is 0.918. The van der Waals surface area contributed by atoms with E-state index >= 15 is 0 Å². The number of nitrogens with one attached hydrogen (secondary N) is 1. The Labute approximate surface area is 117 Å². The zero-order valence-corrected chi connectivity index (χ0v) is 11.7. The lowest BCUT2D eigenvalue weighted by molar-refractivity contribution is 0.602. The summed E-state index contributed by atoms with van der Waals surface area (Å²) in [6.45, 7) is 4.69. The van der Waals surface area contributed by atoms with E-state index in [0.29, 0.717) is 0 Å². The third kappa shape index (κ3) is 3.11. The Hall–Kier alpha value is -1.45. The van der Waals surface area contributed by atoms with Crippen LogP contribution in [-0.4, -0.2) is 11.5 Å². The average Bonchev–Trinajstić information content (AvgIpc) is 2.41. The SMILES string of the molecule is CCNC(c1ccc(C)nc1)c1cccc(F)c1Cl. The summed E-state index contributed by atoms with van der Waals surface area (Å²) in [6.07, 6.45) is 1.80. The molecule has 1 aromatic heterocycles. The number of pyridine rings is 1. The highest BCUT2D eigenvalue weighted by Gasteiger charge is 2.18. The van der Waals surface area contributed by atoms with Gasteiger partial charge in [-0.1, -0.05) is 36.7 Å². The molecule has 1 N–H and O–H groups in total. The second-order valence-electron chi connectivity index (χ2n) is 4.37. The molecule has 0 aliphatic carbocycles. The molecule has 0 fully saturated rings. The number of nitrogens with zero attached hydrogens (tertiary/aromatic N) is 1. The molecule has 0 amide bonds. The molecular weight excluding hydrogens is 263 g/mol. The molecule has 1 aromatic carbocycles. The van der Waals surface area contributed by atoms with Crippen LogP contribution in [0.15, 0.2) is 36.5 Å². The standard InChI is InChI=1S/C15H16ClFN2/c1-3-18-15(11-8-7-10(2)19-9-11)12-5-4-6-13(17)14(12)16/h4-9,15,18H,3H2,1-2H3. The average molecular weight is 279 g/mol. The van der Waals surface area contributed by atoms with Crippen LogP contribution in [0.4, 0.5) is 4.39 Å². The zero-order chi connectivity index (χ0) is 13.8. The number of benzene rings is 1. The lowest BCUT2D eigenvalue weighted by Crippen LogP contribution is -2.22. The molecule has 0 aliphatic rings. The van der Waals surface area contributed by atoms with Gasteiger partial charge in [0.1, 0.15) is 5.82 Å². The third-order valence-electron chi connectivity index (χ3n) is 2.97. The van der Waals surface area contributed by atoms with Crippen molar-refractivity contribution < 1.29 is 4.39 Å². The van der Waals surface area contributed by atoms with Crippen molar-refractivity contribution in [2.24, 2.45) is 0 Å². The Morgan fingerprint density at radius 3 is 2.74 bits per heavy atom. The van der Waals surface area contributed by atoms with Gasteiger partial charge < -0.3 is 5.32 Å². The molecule has 0 radical (unpaired) electrons. The van der Waals surface area contributed by atoms with Crippen LogP contribution in [0.25, 0.3) is 0 Å². The third-order valence-corrected chi connectivity index (χ3v) is 3.37. The van der Waals surface area contributed by atoms with Crippen LogP contribution in [0.3, 0.4) is 0 Å². The van der Waals surface area contributed by atoms with E-state index in [1.165, 1.54) is 6.07 Å². The van der Waals surface area contributed by atoms with Gasteiger partial charge in [0.05, 0.1) is 11.1 Å². The molecule has 2 rings (SSSR count). The van der Waals surface area contributed by atoms with Gasteiger partial charge in [0.25, 0.3) is 0 Å². The first-order chi connectivity index (χ1) is 9.13. The van der Waals surface area contributed by atoms with Crippen LogP contribution in [-0.2, 0) is 0 Å². The first-order valence-electron chi connectivity index (χ1n) is 6.23. The van der Waals surface area contributed by atoms with E-state index in [2.05, 4.69) is 10.3 Å². The molecule has 0 aliphatic heterocycles. The normalized spacial score (nSPS) is 12.4. The molecule has 19 heavy (non-hydrogen) atoms. The Kier molecular flexibility index (Phi) is 4.51. The monoisotopic (exact) mass is 278 g/mol. The Bertz CT molecular complexity index is 555. The summed E-state index contributed by atoms with van der Waals surface area (Å²) in [4.78, 5) is 4.28. The zero-order valence-electron chi connectivity index (χ0n) is 11.0. The van der Waals surface area contributed by atoms with E-state index < -0.39 is 5.82 Å². The van der Waals surface area contributed by atoms with Gasteiger partial charge in [-0.2, -0.15) is 0 Å². The lowest BCUT2D eigenvalue weighted by Gasteiger charge is -2.20. The maximum absolute atomic E-state index is 13.6. The highest BCUT2D eigenvalue weighted by atomic mass is 35.5. The molecule has 2 nitrogen and oxygen atoms in total. The molecule has 2 aromatic rings. The van der Waals surface area contributed by atoms with E-state index in [0.717, 1.165) is 23.4 Å². The fourth-order valence-corrected chi connectivity index (χ4v) is 2.24. The van der Waals surface area contributed by atoms with Crippen molar-refractivity contribution in [3.8, 4) is 0 Å². The van der Waals surface area contributed by atoms with Crippen LogP contribution < -0.4 is 5.32 Å². The summed E-state index contributed by atoms with van der Waals surface area (Å²) in [6, 6.07) is 8.63. The molecule has 0 saturated carbocycles. The van der Waals surface area contributed by atoms with Gasteiger partial charge >= 0.3 is 0 Å². The maximum atomic E-state index is 13.6. The molecule has 0 bridgehead atoms. The number of hydrogen-bond donors (Lipinski definition) is 1. The summed E-state index contributed by atoms with van der Waals surface area (Å²) in [7, 11) is 0. The van der Waals surface area contributed by atoms with Crippen molar-refractivity contribution >= 4 is 11.6 Å². The largest absolute Gasteiger partial charge is 0.306 e. The highest BCUT2D eigenvalue weighted by molar-refractivity contribution is 6.31. The number of halogens is 2. The molecule has 1 heterocycles. The van der Waals surface area contributed by atoms with Crippen LogP contribution in [0, 0.1) is 12.7 Å². The summed E-state index contributed by atoms with van der Waals surface area (Å²) in [5, 5.41) is 3.47. The van der Waals surface area contributed by atoms with E-state index in [-0.39, 0.29) is 11.1 Å². The van der Waals surface area contributed by atoms with Gasteiger partial charge in [-0.05, 0) is 36.7 Å². The second kappa shape index (κ2) is 6.13. The summed E-state index contributed by atoms with van der Waals surface area (Å²) < 4.78 is 13.6. The predicted octanol–water partition coefficient (Wildman–Crippen LogP) is 3.88. The fourth-order valence-electron chi connectivity index (χ4n) is 2.00. The molecule has 1 atom stereocenters. The van der Waals surface area contributed by atoms with Gasteiger partial charge in [0.2, 0.25) is 0 Å². The van der Waals surface area contributed by atoms with E-state index in [1.54, 1.807) is 12.3 Å². The van der Waals surface area contributed by atoms with E-state index in [1.807, 2.05) is 32.0 Å². The van der Waals surface area contributed by atoms with E-state index in [4.69, 9.17) is 11.6 Å². The van der Waals surface area contributed by atoms with Gasteiger partial charge in [0.15, 0.2) is 0 Å². The number of aromatic nitrogens is 1. The van der Waals surface area contributed by atoms with Crippen molar-refractivity contribution in [1.82, 2.24) is 10.3 Å². The Morgan fingerprint density at radius 2 is 2.11 bits per heavy atom. The minimum absolute atomic E-state index is 0.152.